The van der Waals surface area contributed by atoms with Gasteiger partial charge in [0.05, 0.1) is 22.2 Å². The van der Waals surface area contributed by atoms with Crippen LogP contribution in [0.25, 0.3) is 10.9 Å². The predicted octanol–water partition coefficient (Wildman–Crippen LogP) is 3.43. The van der Waals surface area contributed by atoms with Crippen molar-refractivity contribution in [2.45, 2.75) is 19.3 Å². The standard InChI is InChI=1S/C20H19FN4O3/c21-15-3-1-2-14(9-15)8-13-4-6-24(7-5-13)18-11-17-16(10-19(18)25(27)28)20(26)23-12-22-17/h1-3,9-13H,4-8H2,(H,22,23,26). The fourth-order valence-corrected chi connectivity index (χ4v) is 3.87. The van der Waals surface area contributed by atoms with Crippen LogP contribution in [0.1, 0.15) is 18.4 Å². The molecule has 0 aliphatic carbocycles. The molecule has 8 heteroatoms. The van der Waals surface area contributed by atoms with Crippen LogP contribution in [0, 0.1) is 21.8 Å². The van der Waals surface area contributed by atoms with Crippen LogP contribution in [0.4, 0.5) is 15.8 Å². The van der Waals surface area contributed by atoms with Crippen LogP contribution in [-0.4, -0.2) is 28.0 Å². The SMILES string of the molecule is O=c1[nH]cnc2cc(N3CCC(Cc4cccc(F)c4)CC3)c([N+](=O)[O-])cc12. The molecule has 1 aromatic heterocycles. The smallest absolute Gasteiger partial charge is 0.293 e. The van der Waals surface area contributed by atoms with Gasteiger partial charge in [-0.1, -0.05) is 12.1 Å². The molecule has 2 aromatic carbocycles. The lowest BCUT2D eigenvalue weighted by molar-refractivity contribution is -0.384. The van der Waals surface area contributed by atoms with Gasteiger partial charge in [0, 0.05) is 19.2 Å². The third-order valence-electron chi connectivity index (χ3n) is 5.30. The highest BCUT2D eigenvalue weighted by Crippen LogP contribution is 2.34. The Morgan fingerprint density at radius 1 is 1.25 bits per heavy atom. The topological polar surface area (TPSA) is 92.1 Å². The number of piperidine rings is 1. The van der Waals surface area contributed by atoms with Gasteiger partial charge in [-0.3, -0.25) is 14.9 Å². The van der Waals surface area contributed by atoms with E-state index in [2.05, 4.69) is 9.97 Å². The summed E-state index contributed by atoms with van der Waals surface area (Å²) in [5.74, 6) is 0.169. The first-order valence-electron chi connectivity index (χ1n) is 9.16. The Morgan fingerprint density at radius 2 is 2.04 bits per heavy atom. The van der Waals surface area contributed by atoms with E-state index >= 15 is 0 Å². The molecule has 1 aliphatic heterocycles. The van der Waals surface area contributed by atoms with E-state index in [-0.39, 0.29) is 16.9 Å². The number of nitro benzene ring substituents is 1. The highest BCUT2D eigenvalue weighted by atomic mass is 19.1. The summed E-state index contributed by atoms with van der Waals surface area (Å²) in [6.07, 6.45) is 3.80. The minimum absolute atomic E-state index is 0.0884. The molecule has 1 fully saturated rings. The van der Waals surface area contributed by atoms with Crippen molar-refractivity contribution in [1.82, 2.24) is 9.97 Å². The fraction of sp³-hybridized carbons (Fsp3) is 0.300. The maximum atomic E-state index is 13.4. The monoisotopic (exact) mass is 382 g/mol. The molecule has 3 aromatic rings. The van der Waals surface area contributed by atoms with Crippen molar-refractivity contribution < 1.29 is 9.31 Å². The van der Waals surface area contributed by atoms with Crippen LogP contribution in [-0.2, 0) is 6.42 Å². The minimum Gasteiger partial charge on any atom is -0.366 e. The molecule has 1 aliphatic rings. The zero-order chi connectivity index (χ0) is 19.7. The lowest BCUT2D eigenvalue weighted by Crippen LogP contribution is -2.34. The van der Waals surface area contributed by atoms with Gasteiger partial charge < -0.3 is 9.88 Å². The van der Waals surface area contributed by atoms with Gasteiger partial charge in [0.2, 0.25) is 0 Å². The van der Waals surface area contributed by atoms with Crippen LogP contribution in [0.5, 0.6) is 0 Å². The molecule has 28 heavy (non-hydrogen) atoms. The van der Waals surface area contributed by atoms with Crippen LogP contribution in [0.15, 0.2) is 47.5 Å². The van der Waals surface area contributed by atoms with Crippen molar-refractivity contribution in [3.05, 3.63) is 74.6 Å². The lowest BCUT2D eigenvalue weighted by Gasteiger charge is -2.33. The second-order valence-corrected chi connectivity index (χ2v) is 7.11. The maximum Gasteiger partial charge on any atom is 0.293 e. The summed E-state index contributed by atoms with van der Waals surface area (Å²) >= 11 is 0. The summed E-state index contributed by atoms with van der Waals surface area (Å²) in [6.45, 7) is 1.32. The summed E-state index contributed by atoms with van der Waals surface area (Å²) in [5, 5.41) is 11.8. The number of benzene rings is 2. The molecule has 0 spiro atoms. The number of halogens is 1. The average molecular weight is 382 g/mol. The predicted molar refractivity (Wildman–Crippen MR) is 104 cm³/mol. The van der Waals surface area contributed by atoms with Crippen LogP contribution >= 0.6 is 0 Å². The molecular formula is C20H19FN4O3. The van der Waals surface area contributed by atoms with Crippen molar-refractivity contribution in [2.75, 3.05) is 18.0 Å². The minimum atomic E-state index is -0.458. The molecule has 0 atom stereocenters. The number of nitrogens with one attached hydrogen (secondary N) is 1. The molecule has 1 N–H and O–H groups in total. The van der Waals surface area contributed by atoms with Crippen LogP contribution < -0.4 is 10.5 Å². The summed E-state index contributed by atoms with van der Waals surface area (Å²) in [6, 6.07) is 9.55. The number of aromatic nitrogens is 2. The van der Waals surface area contributed by atoms with Crippen molar-refractivity contribution in [3.8, 4) is 0 Å². The third-order valence-corrected chi connectivity index (χ3v) is 5.30. The number of fused-ring (bicyclic) bond motifs is 1. The molecule has 1 saturated heterocycles. The summed E-state index contributed by atoms with van der Waals surface area (Å²) < 4.78 is 13.4. The molecule has 0 unspecified atom stereocenters. The van der Waals surface area contributed by atoms with Gasteiger partial charge in [-0.15, -0.1) is 0 Å². The Bertz CT molecular complexity index is 1090. The van der Waals surface area contributed by atoms with E-state index < -0.39 is 10.5 Å². The zero-order valence-electron chi connectivity index (χ0n) is 15.1. The third kappa shape index (κ3) is 3.58. The normalized spacial score (nSPS) is 15.1. The van der Waals surface area contributed by atoms with E-state index in [0.29, 0.717) is 30.2 Å². The number of H-pyrrole nitrogens is 1. The van der Waals surface area contributed by atoms with E-state index in [1.807, 2.05) is 11.0 Å². The fourth-order valence-electron chi connectivity index (χ4n) is 3.87. The summed E-state index contributed by atoms with van der Waals surface area (Å²) in [7, 11) is 0. The number of rotatable bonds is 4. The lowest BCUT2D eigenvalue weighted by atomic mass is 9.90. The molecule has 0 radical (unpaired) electrons. The van der Waals surface area contributed by atoms with Crippen molar-refractivity contribution in [1.29, 1.82) is 0 Å². The molecule has 4 rings (SSSR count). The maximum absolute atomic E-state index is 13.4. The van der Waals surface area contributed by atoms with Crippen molar-refractivity contribution in [2.24, 2.45) is 5.92 Å². The second-order valence-electron chi connectivity index (χ2n) is 7.11. The zero-order valence-corrected chi connectivity index (χ0v) is 15.1. The Labute approximate surface area is 160 Å². The van der Waals surface area contributed by atoms with Gasteiger partial charge in [-0.05, 0) is 48.9 Å². The van der Waals surface area contributed by atoms with Crippen LogP contribution in [0.3, 0.4) is 0 Å². The number of nitro groups is 1. The molecule has 0 bridgehead atoms. The van der Waals surface area contributed by atoms with E-state index in [0.717, 1.165) is 24.8 Å². The molecule has 7 nitrogen and oxygen atoms in total. The molecular weight excluding hydrogens is 363 g/mol. The highest BCUT2D eigenvalue weighted by molar-refractivity contribution is 5.87. The second kappa shape index (κ2) is 7.38. The first-order chi connectivity index (χ1) is 13.5. The molecule has 0 amide bonds. The van der Waals surface area contributed by atoms with E-state index in [4.69, 9.17) is 0 Å². The van der Waals surface area contributed by atoms with Gasteiger partial charge in [0.1, 0.15) is 11.5 Å². The summed E-state index contributed by atoms with van der Waals surface area (Å²) in [5.41, 5.74) is 1.41. The Balaban J connectivity index is 1.55. The quantitative estimate of drug-likeness (QED) is 0.551. The number of anilines is 1. The number of hydrogen-bond acceptors (Lipinski definition) is 5. The van der Waals surface area contributed by atoms with Crippen molar-refractivity contribution in [3.63, 3.8) is 0 Å². The number of hydrogen-bond donors (Lipinski definition) is 1. The molecule has 2 heterocycles. The van der Waals surface area contributed by atoms with Gasteiger partial charge >= 0.3 is 0 Å². The Hall–Kier alpha value is -3.29. The van der Waals surface area contributed by atoms with E-state index in [1.165, 1.54) is 18.5 Å². The number of nitrogens with zero attached hydrogens (tertiary/aromatic N) is 3. The summed E-state index contributed by atoms with van der Waals surface area (Å²) in [4.78, 5) is 31.6. The Kier molecular flexibility index (Phi) is 4.77. The average Bonchev–Trinajstić information content (AvgIpc) is 2.68. The van der Waals surface area contributed by atoms with Gasteiger partial charge in [-0.2, -0.15) is 0 Å². The van der Waals surface area contributed by atoms with Gasteiger partial charge in [0.15, 0.2) is 0 Å². The first kappa shape index (κ1) is 18.1. The molecule has 0 saturated carbocycles. The Morgan fingerprint density at radius 3 is 2.75 bits per heavy atom. The largest absolute Gasteiger partial charge is 0.366 e. The van der Waals surface area contributed by atoms with Crippen molar-refractivity contribution >= 4 is 22.3 Å². The van der Waals surface area contributed by atoms with Gasteiger partial charge in [-0.25, -0.2) is 9.37 Å². The van der Waals surface area contributed by atoms with E-state index in [9.17, 15) is 19.3 Å². The van der Waals surface area contributed by atoms with Crippen LogP contribution in [0.2, 0.25) is 0 Å². The molecule has 144 valence electrons. The van der Waals surface area contributed by atoms with Gasteiger partial charge in [0.25, 0.3) is 11.2 Å². The number of aromatic amines is 1. The highest BCUT2D eigenvalue weighted by Gasteiger charge is 2.26. The first-order valence-corrected chi connectivity index (χ1v) is 9.16. The van der Waals surface area contributed by atoms with E-state index in [1.54, 1.807) is 18.2 Å².